The maximum Gasteiger partial charge on any atom is 0.270 e. The summed E-state index contributed by atoms with van der Waals surface area (Å²) >= 11 is 3.30. The number of hydrazine groups is 1. The van der Waals surface area contributed by atoms with Gasteiger partial charge in [-0.25, -0.2) is 0 Å². The molecule has 0 aliphatic carbocycles. The molecule has 24 heavy (non-hydrogen) atoms. The predicted octanol–water partition coefficient (Wildman–Crippen LogP) is 3.51. The first-order valence-electron chi connectivity index (χ1n) is 7.35. The summed E-state index contributed by atoms with van der Waals surface area (Å²) in [5.74, 6) is -0.706. The zero-order valence-corrected chi connectivity index (χ0v) is 14.5. The molecule has 0 unspecified atom stereocenters. The minimum Gasteiger partial charge on any atom is -0.464 e. The Morgan fingerprint density at radius 3 is 2.71 bits per heavy atom. The molecule has 5 nitrogen and oxygen atoms in total. The number of hydrogen-bond acceptors (Lipinski definition) is 3. The molecule has 1 heterocycles. The number of aryl methyl sites for hydroxylation is 1. The van der Waals surface area contributed by atoms with Crippen molar-refractivity contribution in [3.05, 3.63) is 69.9 Å². The maximum absolute atomic E-state index is 12.1. The van der Waals surface area contributed by atoms with E-state index in [0.717, 1.165) is 22.1 Å². The summed E-state index contributed by atoms with van der Waals surface area (Å²) in [4.78, 5) is 24.1. The van der Waals surface area contributed by atoms with E-state index < -0.39 is 0 Å². The fourth-order valence-electron chi connectivity index (χ4n) is 2.38. The minimum absolute atomic E-state index is 0.117. The van der Waals surface area contributed by atoms with Crippen LogP contribution in [0.15, 0.2) is 57.6 Å². The van der Waals surface area contributed by atoms with Crippen LogP contribution in [0.5, 0.6) is 0 Å². The van der Waals surface area contributed by atoms with Gasteiger partial charge in [0.15, 0.2) is 0 Å². The Hall–Kier alpha value is -2.60. The molecule has 0 bridgehead atoms. The fraction of sp³-hybridized carbons (Fsp3) is 0.111. The van der Waals surface area contributed by atoms with Crippen molar-refractivity contribution >= 4 is 38.7 Å². The van der Waals surface area contributed by atoms with Crippen molar-refractivity contribution in [2.45, 2.75) is 13.3 Å². The number of fused-ring (bicyclic) bond motifs is 1. The number of nitrogens with one attached hydrogen (secondary N) is 2. The standard InChI is InChI=1S/C18H15BrN2O3/c1-11-6-7-13-12(10-24-16(13)8-11)9-17(22)20-21-18(23)14-4-2-3-5-15(14)19/h2-8,10H,9H2,1H3,(H,20,22)(H,21,23). The molecule has 3 aromatic rings. The van der Waals surface area contributed by atoms with Crippen LogP contribution in [0.1, 0.15) is 21.5 Å². The van der Waals surface area contributed by atoms with E-state index in [1.54, 1.807) is 24.5 Å². The van der Waals surface area contributed by atoms with Gasteiger partial charge in [0.05, 0.1) is 18.2 Å². The Balaban J connectivity index is 1.63. The first-order chi connectivity index (χ1) is 11.5. The summed E-state index contributed by atoms with van der Waals surface area (Å²) < 4.78 is 6.13. The van der Waals surface area contributed by atoms with Gasteiger partial charge in [-0.3, -0.25) is 20.4 Å². The first-order valence-corrected chi connectivity index (χ1v) is 8.14. The Labute approximate surface area is 147 Å². The van der Waals surface area contributed by atoms with Crippen molar-refractivity contribution in [3.8, 4) is 0 Å². The lowest BCUT2D eigenvalue weighted by Gasteiger charge is -2.08. The Morgan fingerprint density at radius 1 is 1.12 bits per heavy atom. The SMILES string of the molecule is Cc1ccc2c(CC(=O)NNC(=O)c3ccccc3Br)coc2c1. The molecule has 0 aliphatic rings. The van der Waals surface area contributed by atoms with Gasteiger partial charge in [-0.15, -0.1) is 0 Å². The van der Waals surface area contributed by atoms with Crippen molar-refractivity contribution in [2.24, 2.45) is 0 Å². The summed E-state index contributed by atoms with van der Waals surface area (Å²) in [6.45, 7) is 1.98. The quantitative estimate of drug-likeness (QED) is 0.676. The second kappa shape index (κ2) is 6.88. The third-order valence-electron chi connectivity index (χ3n) is 3.60. The van der Waals surface area contributed by atoms with Gasteiger partial charge in [-0.05, 0) is 46.6 Å². The number of carbonyl (C=O) groups excluding carboxylic acids is 2. The fourth-order valence-corrected chi connectivity index (χ4v) is 2.85. The molecule has 2 N–H and O–H groups in total. The average molecular weight is 387 g/mol. The van der Waals surface area contributed by atoms with E-state index in [9.17, 15) is 9.59 Å². The molecule has 0 fully saturated rings. The summed E-state index contributed by atoms with van der Waals surface area (Å²) in [5.41, 5.74) is 7.89. The van der Waals surface area contributed by atoms with E-state index in [1.807, 2.05) is 31.2 Å². The van der Waals surface area contributed by atoms with Crippen LogP contribution in [0, 0.1) is 6.92 Å². The topological polar surface area (TPSA) is 71.3 Å². The Kier molecular flexibility index (Phi) is 4.66. The third-order valence-corrected chi connectivity index (χ3v) is 4.29. The normalized spacial score (nSPS) is 10.6. The van der Waals surface area contributed by atoms with Gasteiger partial charge >= 0.3 is 0 Å². The average Bonchev–Trinajstić information content (AvgIpc) is 2.95. The van der Waals surface area contributed by atoms with Gasteiger partial charge < -0.3 is 4.42 Å². The number of amides is 2. The lowest BCUT2D eigenvalue weighted by molar-refractivity contribution is -0.121. The summed E-state index contributed by atoms with van der Waals surface area (Å²) in [6, 6.07) is 12.8. The lowest BCUT2D eigenvalue weighted by Crippen LogP contribution is -2.42. The van der Waals surface area contributed by atoms with Crippen LogP contribution >= 0.6 is 15.9 Å². The molecule has 0 atom stereocenters. The van der Waals surface area contributed by atoms with E-state index in [2.05, 4.69) is 26.8 Å². The summed E-state index contributed by atoms with van der Waals surface area (Å²) in [7, 11) is 0. The Bertz CT molecular complexity index is 918. The number of halogens is 1. The highest BCUT2D eigenvalue weighted by Gasteiger charge is 2.13. The minimum atomic E-state index is -0.386. The molecule has 0 saturated carbocycles. The lowest BCUT2D eigenvalue weighted by atomic mass is 10.1. The number of rotatable bonds is 3. The van der Waals surface area contributed by atoms with E-state index in [1.165, 1.54) is 0 Å². The van der Waals surface area contributed by atoms with E-state index in [4.69, 9.17) is 4.42 Å². The molecule has 2 amide bonds. The largest absolute Gasteiger partial charge is 0.464 e. The van der Waals surface area contributed by atoms with Gasteiger partial charge in [0.25, 0.3) is 5.91 Å². The molecule has 1 aromatic heterocycles. The van der Waals surface area contributed by atoms with Gasteiger partial charge in [-0.2, -0.15) is 0 Å². The van der Waals surface area contributed by atoms with Crippen LogP contribution in [-0.4, -0.2) is 11.8 Å². The van der Waals surface area contributed by atoms with Crippen LogP contribution in [0.3, 0.4) is 0 Å². The number of benzene rings is 2. The van der Waals surface area contributed by atoms with Crippen LogP contribution in [-0.2, 0) is 11.2 Å². The van der Waals surface area contributed by atoms with Crippen LogP contribution in [0.2, 0.25) is 0 Å². The maximum atomic E-state index is 12.1. The second-order valence-electron chi connectivity index (χ2n) is 5.42. The van der Waals surface area contributed by atoms with E-state index >= 15 is 0 Å². The molecule has 0 spiro atoms. The molecule has 3 rings (SSSR count). The molecule has 0 aliphatic heterocycles. The van der Waals surface area contributed by atoms with Crippen molar-refractivity contribution < 1.29 is 14.0 Å². The van der Waals surface area contributed by atoms with E-state index in [0.29, 0.717) is 10.0 Å². The molecular formula is C18H15BrN2O3. The third kappa shape index (κ3) is 3.49. The zero-order chi connectivity index (χ0) is 17.1. The molecule has 6 heteroatoms. The highest BCUT2D eigenvalue weighted by atomic mass is 79.9. The second-order valence-corrected chi connectivity index (χ2v) is 6.27. The molecule has 0 radical (unpaired) electrons. The Morgan fingerprint density at radius 2 is 1.92 bits per heavy atom. The highest BCUT2D eigenvalue weighted by molar-refractivity contribution is 9.10. The van der Waals surface area contributed by atoms with Crippen molar-refractivity contribution in [3.63, 3.8) is 0 Å². The van der Waals surface area contributed by atoms with Gasteiger partial charge in [-0.1, -0.05) is 24.3 Å². The van der Waals surface area contributed by atoms with Crippen molar-refractivity contribution in [1.29, 1.82) is 0 Å². The summed E-state index contributed by atoms with van der Waals surface area (Å²) in [5, 5.41) is 0.896. The number of carbonyl (C=O) groups is 2. The van der Waals surface area contributed by atoms with Crippen LogP contribution in [0.4, 0.5) is 0 Å². The monoisotopic (exact) mass is 386 g/mol. The molecule has 2 aromatic carbocycles. The number of furan rings is 1. The smallest absolute Gasteiger partial charge is 0.270 e. The van der Waals surface area contributed by atoms with Crippen molar-refractivity contribution in [2.75, 3.05) is 0 Å². The molecule has 122 valence electrons. The van der Waals surface area contributed by atoms with Crippen LogP contribution < -0.4 is 10.9 Å². The highest BCUT2D eigenvalue weighted by Crippen LogP contribution is 2.22. The predicted molar refractivity (Wildman–Crippen MR) is 94.4 cm³/mol. The van der Waals surface area contributed by atoms with Gasteiger partial charge in [0, 0.05) is 15.4 Å². The van der Waals surface area contributed by atoms with Crippen molar-refractivity contribution in [1.82, 2.24) is 10.9 Å². The van der Waals surface area contributed by atoms with Gasteiger partial charge in [0.1, 0.15) is 5.58 Å². The molecular weight excluding hydrogens is 372 g/mol. The molecule has 0 saturated heterocycles. The number of hydrogen-bond donors (Lipinski definition) is 2. The van der Waals surface area contributed by atoms with Gasteiger partial charge in [0.2, 0.25) is 5.91 Å². The first kappa shape index (κ1) is 16.3. The van der Waals surface area contributed by atoms with E-state index in [-0.39, 0.29) is 18.2 Å². The van der Waals surface area contributed by atoms with Crippen LogP contribution in [0.25, 0.3) is 11.0 Å². The zero-order valence-electron chi connectivity index (χ0n) is 12.9. The summed E-state index contributed by atoms with van der Waals surface area (Å²) in [6.07, 6.45) is 1.69.